The van der Waals surface area contributed by atoms with E-state index >= 15 is 0 Å². The molecule has 0 aliphatic rings. The van der Waals surface area contributed by atoms with Gasteiger partial charge in [0, 0.05) is 11.3 Å². The van der Waals surface area contributed by atoms with Crippen LogP contribution in [0.25, 0.3) is 11.1 Å². The van der Waals surface area contributed by atoms with Crippen molar-refractivity contribution in [3.63, 3.8) is 0 Å². The zero-order valence-corrected chi connectivity index (χ0v) is 11.6. The molecule has 0 amide bonds. The van der Waals surface area contributed by atoms with E-state index in [0.717, 1.165) is 5.56 Å². The molecule has 0 aliphatic heterocycles. The Morgan fingerprint density at radius 1 is 1.15 bits per heavy atom. The number of pyridine rings is 1. The summed E-state index contributed by atoms with van der Waals surface area (Å²) in [6.45, 7) is 3.21. The van der Waals surface area contributed by atoms with Gasteiger partial charge in [0.05, 0.1) is 7.11 Å². The lowest BCUT2D eigenvalue weighted by Gasteiger charge is -2.11. The Bertz CT molecular complexity index is 663. The fourth-order valence-electron chi connectivity index (χ4n) is 2.17. The smallest absolute Gasteiger partial charge is 0.356 e. The van der Waals surface area contributed by atoms with Crippen LogP contribution >= 0.6 is 0 Å². The standard InChI is InChI=1S/C16H15NO3/c1-10-15(11(2)18)13(12-7-5-4-6-8-12)9-14(17-10)16(19)20-3/h4-9H,1-3H3. The lowest BCUT2D eigenvalue weighted by molar-refractivity contribution is 0.0593. The van der Waals surface area contributed by atoms with Crippen molar-refractivity contribution in [1.82, 2.24) is 4.98 Å². The predicted molar refractivity (Wildman–Crippen MR) is 75.8 cm³/mol. The first-order valence-corrected chi connectivity index (χ1v) is 6.21. The Kier molecular flexibility index (Phi) is 3.94. The quantitative estimate of drug-likeness (QED) is 0.634. The van der Waals surface area contributed by atoms with Gasteiger partial charge in [-0.2, -0.15) is 0 Å². The fourth-order valence-corrected chi connectivity index (χ4v) is 2.17. The monoisotopic (exact) mass is 269 g/mol. The van der Waals surface area contributed by atoms with E-state index in [9.17, 15) is 9.59 Å². The van der Waals surface area contributed by atoms with Gasteiger partial charge in [-0.05, 0) is 31.0 Å². The minimum absolute atomic E-state index is 0.0785. The first-order valence-electron chi connectivity index (χ1n) is 6.21. The highest BCUT2D eigenvalue weighted by molar-refractivity contribution is 6.03. The minimum atomic E-state index is -0.514. The molecule has 0 fully saturated rings. The number of methoxy groups -OCH3 is 1. The van der Waals surface area contributed by atoms with Crippen LogP contribution < -0.4 is 0 Å². The lowest BCUT2D eigenvalue weighted by Crippen LogP contribution is -2.10. The van der Waals surface area contributed by atoms with Gasteiger partial charge < -0.3 is 4.74 Å². The molecule has 0 aliphatic carbocycles. The number of carbonyl (C=O) groups excluding carboxylic acids is 2. The van der Waals surface area contributed by atoms with Gasteiger partial charge in [-0.15, -0.1) is 0 Å². The maximum atomic E-state index is 11.9. The molecule has 4 nitrogen and oxygen atoms in total. The third kappa shape index (κ3) is 2.59. The molecule has 102 valence electrons. The lowest BCUT2D eigenvalue weighted by atomic mass is 9.96. The number of hydrogen-bond acceptors (Lipinski definition) is 4. The second-order valence-electron chi connectivity index (χ2n) is 4.43. The largest absolute Gasteiger partial charge is 0.464 e. The van der Waals surface area contributed by atoms with E-state index in [1.807, 2.05) is 30.3 Å². The van der Waals surface area contributed by atoms with E-state index in [-0.39, 0.29) is 11.5 Å². The SMILES string of the molecule is COC(=O)c1cc(-c2ccccc2)c(C(C)=O)c(C)n1. The number of nitrogens with zero attached hydrogens (tertiary/aromatic N) is 1. The summed E-state index contributed by atoms with van der Waals surface area (Å²) in [5.41, 5.74) is 2.83. The Balaban J connectivity index is 2.72. The molecule has 0 unspecified atom stereocenters. The van der Waals surface area contributed by atoms with Gasteiger partial charge in [0.2, 0.25) is 0 Å². The van der Waals surface area contributed by atoms with E-state index in [0.29, 0.717) is 16.8 Å². The number of hydrogen-bond donors (Lipinski definition) is 0. The van der Waals surface area contributed by atoms with Crippen molar-refractivity contribution in [3.8, 4) is 11.1 Å². The molecule has 2 rings (SSSR count). The second-order valence-corrected chi connectivity index (χ2v) is 4.43. The summed E-state index contributed by atoms with van der Waals surface area (Å²) >= 11 is 0. The fraction of sp³-hybridized carbons (Fsp3) is 0.188. The molecule has 0 spiro atoms. The number of esters is 1. The molecule has 0 radical (unpaired) electrons. The van der Waals surface area contributed by atoms with E-state index in [1.165, 1.54) is 14.0 Å². The van der Waals surface area contributed by atoms with Crippen LogP contribution in [-0.2, 0) is 4.74 Å². The van der Waals surface area contributed by atoms with Crippen LogP contribution in [0, 0.1) is 6.92 Å². The molecule has 20 heavy (non-hydrogen) atoms. The van der Waals surface area contributed by atoms with E-state index in [1.54, 1.807) is 13.0 Å². The minimum Gasteiger partial charge on any atom is -0.464 e. The van der Waals surface area contributed by atoms with Crippen molar-refractivity contribution in [2.24, 2.45) is 0 Å². The average Bonchev–Trinajstić information content (AvgIpc) is 2.46. The highest BCUT2D eigenvalue weighted by Crippen LogP contribution is 2.27. The van der Waals surface area contributed by atoms with Gasteiger partial charge in [0.25, 0.3) is 0 Å². The Hall–Kier alpha value is -2.49. The summed E-state index contributed by atoms with van der Waals surface area (Å²) < 4.78 is 4.70. The van der Waals surface area contributed by atoms with E-state index in [4.69, 9.17) is 4.74 Å². The topological polar surface area (TPSA) is 56.3 Å². The Labute approximate surface area is 117 Å². The zero-order chi connectivity index (χ0) is 14.7. The molecule has 0 atom stereocenters. The molecule has 0 bridgehead atoms. The van der Waals surface area contributed by atoms with Crippen molar-refractivity contribution in [2.45, 2.75) is 13.8 Å². The van der Waals surface area contributed by atoms with Gasteiger partial charge in [-0.25, -0.2) is 9.78 Å². The number of carbonyl (C=O) groups is 2. The molecule has 1 aromatic carbocycles. The molecular weight excluding hydrogens is 254 g/mol. The first-order chi connectivity index (χ1) is 9.54. The number of rotatable bonds is 3. The summed E-state index contributed by atoms with van der Waals surface area (Å²) in [6.07, 6.45) is 0. The van der Waals surface area contributed by atoms with Gasteiger partial charge in [-0.3, -0.25) is 4.79 Å². The second kappa shape index (κ2) is 5.65. The molecule has 0 N–H and O–H groups in total. The molecule has 4 heteroatoms. The van der Waals surface area contributed by atoms with Gasteiger partial charge in [0.15, 0.2) is 5.78 Å². The molecule has 1 aromatic heterocycles. The van der Waals surface area contributed by atoms with Gasteiger partial charge >= 0.3 is 5.97 Å². The zero-order valence-electron chi connectivity index (χ0n) is 11.6. The van der Waals surface area contributed by atoms with Crippen molar-refractivity contribution < 1.29 is 14.3 Å². The Morgan fingerprint density at radius 3 is 2.35 bits per heavy atom. The van der Waals surface area contributed by atoms with Crippen LogP contribution in [0.5, 0.6) is 0 Å². The highest BCUT2D eigenvalue weighted by Gasteiger charge is 2.18. The normalized spacial score (nSPS) is 10.2. The van der Waals surface area contributed by atoms with Gasteiger partial charge in [-0.1, -0.05) is 30.3 Å². The third-order valence-electron chi connectivity index (χ3n) is 3.03. The molecule has 0 saturated carbocycles. The summed E-state index contributed by atoms with van der Waals surface area (Å²) in [5, 5.41) is 0. The number of ketones is 1. The van der Waals surface area contributed by atoms with Crippen LogP contribution in [-0.4, -0.2) is 23.8 Å². The molecular formula is C16H15NO3. The van der Waals surface area contributed by atoms with Crippen molar-refractivity contribution in [1.29, 1.82) is 0 Å². The third-order valence-corrected chi connectivity index (χ3v) is 3.03. The maximum Gasteiger partial charge on any atom is 0.356 e. The molecule has 0 saturated heterocycles. The van der Waals surface area contributed by atoms with E-state index in [2.05, 4.69) is 4.98 Å². The van der Waals surface area contributed by atoms with Crippen LogP contribution in [0.2, 0.25) is 0 Å². The number of aryl methyl sites for hydroxylation is 1. The van der Waals surface area contributed by atoms with Crippen LogP contribution in [0.4, 0.5) is 0 Å². The van der Waals surface area contributed by atoms with Crippen molar-refractivity contribution >= 4 is 11.8 Å². The first kappa shape index (κ1) is 13.9. The number of aromatic nitrogens is 1. The van der Waals surface area contributed by atoms with Crippen LogP contribution in [0.1, 0.15) is 33.5 Å². The summed E-state index contributed by atoms with van der Waals surface area (Å²) in [6, 6.07) is 11.0. The number of benzene rings is 1. The number of Topliss-reactive ketones (excluding diaryl/α,β-unsaturated/α-hetero) is 1. The van der Waals surface area contributed by atoms with Crippen LogP contribution in [0.15, 0.2) is 36.4 Å². The van der Waals surface area contributed by atoms with E-state index < -0.39 is 5.97 Å². The molecule has 1 heterocycles. The maximum absolute atomic E-state index is 11.9. The highest BCUT2D eigenvalue weighted by atomic mass is 16.5. The predicted octanol–water partition coefficient (Wildman–Crippen LogP) is 3.05. The van der Waals surface area contributed by atoms with Crippen molar-refractivity contribution in [2.75, 3.05) is 7.11 Å². The summed E-state index contributed by atoms with van der Waals surface area (Å²) in [4.78, 5) is 27.7. The van der Waals surface area contributed by atoms with Gasteiger partial charge in [0.1, 0.15) is 5.69 Å². The number of ether oxygens (including phenoxy) is 1. The summed E-state index contributed by atoms with van der Waals surface area (Å²) in [5.74, 6) is -0.592. The van der Waals surface area contributed by atoms with Crippen molar-refractivity contribution in [3.05, 3.63) is 53.3 Å². The summed E-state index contributed by atoms with van der Waals surface area (Å²) in [7, 11) is 1.31. The van der Waals surface area contributed by atoms with Crippen LogP contribution in [0.3, 0.4) is 0 Å². The molecule has 2 aromatic rings. The Morgan fingerprint density at radius 2 is 1.80 bits per heavy atom. The average molecular weight is 269 g/mol.